The molecule has 0 fully saturated rings. The SMILES string of the molecule is CC.Cn1nccc1-c1nc(C(=O)NCc2ccccc2C(F)(F)F)c(NC(=O)c2cc(Cl)c(O)c(Cl)n2)s1.O=C(Nc1sc(-c2cncnc2)nc1C(=O)NCc1ccccc1C(F)(F)F)C1=CC(Cl)=C(O)C(Cl)N1. The molecule has 0 radical (unpaired) electrons. The average molecular weight is 1170 g/mol. The third-order valence-electron chi connectivity index (χ3n) is 9.93. The zero-order chi connectivity index (χ0) is 55.6. The number of thiazole rings is 2. The normalized spacial score (nSPS) is 13.2. The molecule has 1 unspecified atom stereocenters. The van der Waals surface area contributed by atoms with Crippen molar-refractivity contribution in [3.63, 3.8) is 0 Å². The first-order valence-corrected chi connectivity index (χ1v) is 24.7. The molecule has 30 heteroatoms. The summed E-state index contributed by atoms with van der Waals surface area (Å²) in [6.45, 7) is 3.12. The first-order valence-electron chi connectivity index (χ1n) is 21.5. The number of aliphatic hydroxyl groups is 1. The van der Waals surface area contributed by atoms with E-state index in [0.29, 0.717) is 16.3 Å². The number of halogens is 10. The maximum Gasteiger partial charge on any atom is 0.416 e. The third-order valence-corrected chi connectivity index (χ3v) is 13.1. The monoisotopic (exact) mass is 1170 g/mol. The molecule has 1 aliphatic heterocycles. The minimum atomic E-state index is -4.60. The van der Waals surface area contributed by atoms with Crippen LogP contribution in [0.25, 0.3) is 21.3 Å². The fourth-order valence-corrected chi connectivity index (χ4v) is 9.28. The molecule has 7 aromatic rings. The minimum Gasteiger partial charge on any atom is -0.507 e. The molecule has 6 heterocycles. The van der Waals surface area contributed by atoms with E-state index in [1.807, 2.05) is 13.8 Å². The van der Waals surface area contributed by atoms with Crippen molar-refractivity contribution in [2.24, 2.45) is 7.05 Å². The van der Waals surface area contributed by atoms with Gasteiger partial charge in [-0.3, -0.25) is 23.9 Å². The van der Waals surface area contributed by atoms with Gasteiger partial charge in [-0.05, 0) is 41.5 Å². The number of carbonyl (C=O) groups excluding carboxylic acids is 4. The number of anilines is 2. The number of alkyl halides is 7. The van der Waals surface area contributed by atoms with Crippen LogP contribution in [0.2, 0.25) is 10.2 Å². The number of aliphatic hydroxyl groups excluding tert-OH is 1. The highest BCUT2D eigenvalue weighted by molar-refractivity contribution is 7.19. The maximum absolute atomic E-state index is 13.3. The summed E-state index contributed by atoms with van der Waals surface area (Å²) in [7, 11) is 1.65. The summed E-state index contributed by atoms with van der Waals surface area (Å²) >= 11 is 25.3. The van der Waals surface area contributed by atoms with E-state index in [1.165, 1.54) is 66.0 Å². The van der Waals surface area contributed by atoms with Crippen LogP contribution in [0.3, 0.4) is 0 Å². The highest BCUT2D eigenvalue weighted by Gasteiger charge is 2.35. The van der Waals surface area contributed by atoms with Crippen LogP contribution in [-0.4, -0.2) is 74.0 Å². The molecule has 1 aliphatic rings. The van der Waals surface area contributed by atoms with Crippen molar-refractivity contribution >= 4 is 103 Å². The van der Waals surface area contributed by atoms with Crippen LogP contribution in [0.5, 0.6) is 5.75 Å². The van der Waals surface area contributed by atoms with E-state index in [0.717, 1.165) is 46.9 Å². The van der Waals surface area contributed by atoms with E-state index >= 15 is 0 Å². The number of nitrogens with one attached hydrogen (secondary N) is 5. The van der Waals surface area contributed by atoms with Gasteiger partial charge in [0.15, 0.2) is 27.8 Å². The number of allylic oxidation sites excluding steroid dienone is 2. The Bertz CT molecular complexity index is 3330. The number of aromatic hydroxyl groups is 1. The molecule has 18 nitrogen and oxygen atoms in total. The Kier molecular flexibility index (Phi) is 19.0. The van der Waals surface area contributed by atoms with Crippen molar-refractivity contribution in [2.75, 3.05) is 10.6 Å². The number of amides is 4. The van der Waals surface area contributed by atoms with E-state index in [-0.39, 0.29) is 64.7 Å². The Morgan fingerprint density at radius 2 is 1.25 bits per heavy atom. The Labute approximate surface area is 453 Å². The molecule has 2 aromatic carbocycles. The van der Waals surface area contributed by atoms with Gasteiger partial charge in [0.1, 0.15) is 43.5 Å². The molecule has 398 valence electrons. The number of pyridine rings is 1. The Hall–Kier alpha value is -7.36. The lowest BCUT2D eigenvalue weighted by molar-refractivity contribution is -0.139. The van der Waals surface area contributed by atoms with Gasteiger partial charge < -0.3 is 36.8 Å². The van der Waals surface area contributed by atoms with E-state index < -0.39 is 76.6 Å². The molecule has 76 heavy (non-hydrogen) atoms. The van der Waals surface area contributed by atoms with Crippen LogP contribution in [0.15, 0.2) is 108 Å². The molecule has 4 amide bonds. The molecule has 1 atom stereocenters. The zero-order valence-corrected chi connectivity index (χ0v) is 43.6. The van der Waals surface area contributed by atoms with Gasteiger partial charge in [0, 0.05) is 44.3 Å². The second-order valence-corrected chi connectivity index (χ2v) is 18.5. The van der Waals surface area contributed by atoms with Gasteiger partial charge in [-0.1, -0.05) is 119 Å². The predicted octanol–water partition coefficient (Wildman–Crippen LogP) is 10.7. The van der Waals surface area contributed by atoms with Gasteiger partial charge in [0.2, 0.25) is 0 Å². The number of aromatic nitrogens is 7. The van der Waals surface area contributed by atoms with Gasteiger partial charge in [-0.15, -0.1) is 0 Å². The summed E-state index contributed by atoms with van der Waals surface area (Å²) in [5.41, 5.74) is -3.10. The smallest absolute Gasteiger partial charge is 0.416 e. The Balaban J connectivity index is 0.000000239. The molecular weight excluding hydrogens is 1140 g/mol. The molecule has 0 saturated heterocycles. The highest BCUT2D eigenvalue weighted by atomic mass is 35.5. The number of carbonyl (C=O) groups is 4. The number of hydrogen-bond donors (Lipinski definition) is 7. The van der Waals surface area contributed by atoms with E-state index in [1.54, 1.807) is 13.1 Å². The van der Waals surface area contributed by atoms with Crippen molar-refractivity contribution in [2.45, 2.75) is 44.8 Å². The number of rotatable bonds is 12. The molecule has 0 bridgehead atoms. The lowest BCUT2D eigenvalue weighted by Gasteiger charge is -2.20. The Morgan fingerprint density at radius 1 is 0.737 bits per heavy atom. The maximum atomic E-state index is 13.3. The van der Waals surface area contributed by atoms with Crippen molar-refractivity contribution in [3.8, 4) is 27.0 Å². The minimum absolute atomic E-state index is 0.00539. The van der Waals surface area contributed by atoms with E-state index in [4.69, 9.17) is 46.4 Å². The number of dihydropyridines is 1. The molecular formula is C46H36Cl4F6N12O6S2. The molecule has 0 saturated carbocycles. The van der Waals surface area contributed by atoms with Crippen LogP contribution < -0.4 is 26.6 Å². The number of hydrogen-bond acceptors (Lipinski definition) is 15. The van der Waals surface area contributed by atoms with E-state index in [9.17, 15) is 55.7 Å². The van der Waals surface area contributed by atoms with Crippen molar-refractivity contribution < 1.29 is 55.7 Å². The van der Waals surface area contributed by atoms with Crippen LogP contribution in [0, 0.1) is 0 Å². The Morgan fingerprint density at radius 3 is 1.75 bits per heavy atom. The summed E-state index contributed by atoms with van der Waals surface area (Å²) in [5, 5.41) is 35.7. The standard InChI is InChI=1S/2C22H15Cl2F3N6O3S.C2H6/c1-33-14(6-7-29-33)20-31-15(19(36)28-9-10-4-2-3-5-11(10)22(25,26)27)21(37-20)32-18(35)13-8-12(23)16(34)17(24)30-13;23-13-5-14(31-17(24)16(13)34)18(35)33-21-15(32-20(37-21)11-6-28-9-29-7-11)19(36)30-8-10-3-1-2-4-12(10)22(25,26)27;1-2/h2-8,34H,9H2,1H3,(H,28,36)(H,32,35);1-7,9,17,31,34H,8H2,(H,30,36)(H,33,35);1-2H3. The molecule has 5 aromatic heterocycles. The van der Waals surface area contributed by atoms with Gasteiger partial charge in [-0.2, -0.15) is 31.4 Å². The van der Waals surface area contributed by atoms with Crippen molar-refractivity contribution in [3.05, 3.63) is 158 Å². The highest BCUT2D eigenvalue weighted by Crippen LogP contribution is 2.37. The largest absolute Gasteiger partial charge is 0.507 e. The van der Waals surface area contributed by atoms with Crippen LogP contribution in [-0.2, 0) is 37.3 Å². The number of benzene rings is 2. The summed E-state index contributed by atoms with van der Waals surface area (Å²) in [6, 6.07) is 12.4. The predicted molar refractivity (Wildman–Crippen MR) is 273 cm³/mol. The lowest BCUT2D eigenvalue weighted by Crippen LogP contribution is -2.35. The fraction of sp³-hybridized carbons (Fsp3) is 0.174. The molecule has 7 N–H and O–H groups in total. The fourth-order valence-electron chi connectivity index (χ4n) is 6.40. The van der Waals surface area contributed by atoms with Crippen molar-refractivity contribution in [1.29, 1.82) is 0 Å². The lowest BCUT2D eigenvalue weighted by atomic mass is 10.1. The second kappa shape index (κ2) is 25.0. The summed E-state index contributed by atoms with van der Waals surface area (Å²) in [5.74, 6) is -4.11. The molecule has 0 spiro atoms. The number of aryl methyl sites for hydroxylation is 1. The summed E-state index contributed by atoms with van der Waals surface area (Å²) in [4.78, 5) is 71.8. The number of nitrogens with zero attached hydrogens (tertiary/aromatic N) is 7. The quantitative estimate of drug-likeness (QED) is 0.0261. The van der Waals surface area contributed by atoms with Crippen LogP contribution in [0.4, 0.5) is 36.3 Å². The van der Waals surface area contributed by atoms with Gasteiger partial charge in [0.25, 0.3) is 23.6 Å². The van der Waals surface area contributed by atoms with Crippen LogP contribution >= 0.6 is 69.1 Å². The topological polar surface area (TPSA) is 251 Å². The summed E-state index contributed by atoms with van der Waals surface area (Å²) < 4.78 is 81.4. The molecule has 0 aliphatic carbocycles. The van der Waals surface area contributed by atoms with Gasteiger partial charge >= 0.3 is 12.4 Å². The average Bonchev–Trinajstić information content (AvgIpc) is 4.14. The molecule has 8 rings (SSSR count). The van der Waals surface area contributed by atoms with Gasteiger partial charge in [0.05, 0.1) is 26.9 Å². The second-order valence-electron chi connectivity index (χ2n) is 14.9. The van der Waals surface area contributed by atoms with Crippen LogP contribution in [0.1, 0.15) is 67.6 Å². The van der Waals surface area contributed by atoms with Crippen molar-refractivity contribution in [1.82, 2.24) is 50.7 Å². The van der Waals surface area contributed by atoms with Gasteiger partial charge in [-0.25, -0.2) is 24.9 Å². The zero-order valence-electron chi connectivity index (χ0n) is 38.9. The first kappa shape index (κ1) is 57.9. The summed E-state index contributed by atoms with van der Waals surface area (Å²) in [6.07, 6.45) is -2.38. The van der Waals surface area contributed by atoms with E-state index in [2.05, 4.69) is 56.6 Å². The first-order chi connectivity index (χ1) is 36.0. The third kappa shape index (κ3) is 14.1.